The number of nitrogens with one attached hydrogen (secondary N) is 1. The Labute approximate surface area is 120 Å². The molecule has 0 saturated carbocycles. The highest BCUT2D eigenvalue weighted by Crippen LogP contribution is 2.23. The molecular formula is C17H20N2O. The van der Waals surface area contributed by atoms with Crippen LogP contribution in [0, 0.1) is 0 Å². The van der Waals surface area contributed by atoms with Gasteiger partial charge in [0.2, 0.25) is 0 Å². The van der Waals surface area contributed by atoms with Crippen molar-refractivity contribution >= 4 is 5.69 Å². The van der Waals surface area contributed by atoms with Crippen molar-refractivity contribution in [2.45, 2.75) is 19.6 Å². The number of fused-ring (bicyclic) bond motifs is 1. The van der Waals surface area contributed by atoms with Gasteiger partial charge < -0.3 is 15.0 Å². The first-order chi connectivity index (χ1) is 9.76. The quantitative estimate of drug-likeness (QED) is 0.922. The SMILES string of the molecule is COc1cccc(N(C)Cc2ccc3c(c2)CNC3)c1. The Morgan fingerprint density at radius 2 is 1.95 bits per heavy atom. The average Bonchev–Trinajstić information content (AvgIpc) is 2.95. The predicted octanol–water partition coefficient (Wildman–Crippen LogP) is 2.93. The molecule has 0 saturated heterocycles. The average molecular weight is 268 g/mol. The Morgan fingerprint density at radius 1 is 1.10 bits per heavy atom. The third-order valence-corrected chi connectivity index (χ3v) is 3.82. The van der Waals surface area contributed by atoms with Crippen molar-refractivity contribution in [2.24, 2.45) is 0 Å². The Kier molecular flexibility index (Phi) is 3.61. The van der Waals surface area contributed by atoms with E-state index in [4.69, 9.17) is 4.74 Å². The summed E-state index contributed by atoms with van der Waals surface area (Å²) in [5.74, 6) is 0.896. The molecule has 0 fully saturated rings. The van der Waals surface area contributed by atoms with E-state index in [0.29, 0.717) is 0 Å². The molecule has 0 aliphatic carbocycles. The molecule has 1 aliphatic heterocycles. The first-order valence-electron chi connectivity index (χ1n) is 6.93. The van der Waals surface area contributed by atoms with E-state index in [-0.39, 0.29) is 0 Å². The molecule has 0 radical (unpaired) electrons. The van der Waals surface area contributed by atoms with Crippen LogP contribution in [0.1, 0.15) is 16.7 Å². The van der Waals surface area contributed by atoms with Crippen LogP contribution >= 0.6 is 0 Å². The minimum atomic E-state index is 0.896. The maximum absolute atomic E-state index is 5.28. The van der Waals surface area contributed by atoms with Gasteiger partial charge in [0.1, 0.15) is 5.75 Å². The Hall–Kier alpha value is -2.00. The molecule has 3 nitrogen and oxygen atoms in total. The molecular weight excluding hydrogens is 248 g/mol. The second-order valence-electron chi connectivity index (χ2n) is 5.26. The zero-order chi connectivity index (χ0) is 13.9. The molecule has 3 heteroatoms. The number of hydrogen-bond acceptors (Lipinski definition) is 3. The van der Waals surface area contributed by atoms with Crippen molar-refractivity contribution in [3.05, 3.63) is 59.2 Å². The van der Waals surface area contributed by atoms with Crippen molar-refractivity contribution in [1.82, 2.24) is 5.32 Å². The van der Waals surface area contributed by atoms with Gasteiger partial charge in [-0.15, -0.1) is 0 Å². The summed E-state index contributed by atoms with van der Waals surface area (Å²) in [7, 11) is 3.81. The molecule has 0 atom stereocenters. The van der Waals surface area contributed by atoms with E-state index >= 15 is 0 Å². The largest absolute Gasteiger partial charge is 0.497 e. The lowest BCUT2D eigenvalue weighted by molar-refractivity contribution is 0.415. The van der Waals surface area contributed by atoms with Gasteiger partial charge in [0.05, 0.1) is 7.11 Å². The van der Waals surface area contributed by atoms with Crippen molar-refractivity contribution in [1.29, 1.82) is 0 Å². The van der Waals surface area contributed by atoms with E-state index in [1.54, 1.807) is 7.11 Å². The lowest BCUT2D eigenvalue weighted by Crippen LogP contribution is -2.16. The normalized spacial score (nSPS) is 13.1. The van der Waals surface area contributed by atoms with Gasteiger partial charge in [-0.25, -0.2) is 0 Å². The summed E-state index contributed by atoms with van der Waals surface area (Å²) in [6.07, 6.45) is 0. The van der Waals surface area contributed by atoms with Crippen LogP contribution in [-0.4, -0.2) is 14.2 Å². The maximum atomic E-state index is 5.28. The zero-order valence-corrected chi connectivity index (χ0v) is 12.0. The lowest BCUT2D eigenvalue weighted by Gasteiger charge is -2.20. The van der Waals surface area contributed by atoms with Gasteiger partial charge in [0.25, 0.3) is 0 Å². The summed E-state index contributed by atoms with van der Waals surface area (Å²) in [6, 6.07) is 14.9. The van der Waals surface area contributed by atoms with Crippen LogP contribution in [0.3, 0.4) is 0 Å². The third-order valence-electron chi connectivity index (χ3n) is 3.82. The van der Waals surface area contributed by atoms with Gasteiger partial charge in [-0.05, 0) is 28.8 Å². The highest BCUT2D eigenvalue weighted by molar-refractivity contribution is 5.50. The standard InChI is InChI=1S/C17H20N2O/c1-19(16-4-3-5-17(9-16)20-2)12-13-6-7-14-10-18-11-15(14)8-13/h3-9,18H,10-12H2,1-2H3. The van der Waals surface area contributed by atoms with Crippen LogP contribution in [0.25, 0.3) is 0 Å². The van der Waals surface area contributed by atoms with E-state index in [1.807, 2.05) is 12.1 Å². The van der Waals surface area contributed by atoms with Crippen molar-refractivity contribution in [2.75, 3.05) is 19.1 Å². The van der Waals surface area contributed by atoms with Gasteiger partial charge in [-0.2, -0.15) is 0 Å². The van der Waals surface area contributed by atoms with E-state index in [9.17, 15) is 0 Å². The molecule has 2 aromatic carbocycles. The fourth-order valence-corrected chi connectivity index (χ4v) is 2.66. The summed E-state index contributed by atoms with van der Waals surface area (Å²) in [6.45, 7) is 2.90. The number of methoxy groups -OCH3 is 1. The predicted molar refractivity (Wildman–Crippen MR) is 82.1 cm³/mol. The first kappa shape index (κ1) is 13.0. The Bertz CT molecular complexity index is 610. The molecule has 0 bridgehead atoms. The molecule has 0 amide bonds. The summed E-state index contributed by atoms with van der Waals surface area (Å²) in [5, 5.41) is 3.38. The van der Waals surface area contributed by atoms with Crippen LogP contribution in [0.4, 0.5) is 5.69 Å². The molecule has 20 heavy (non-hydrogen) atoms. The minimum absolute atomic E-state index is 0.896. The summed E-state index contributed by atoms with van der Waals surface area (Å²) in [5.41, 5.74) is 5.38. The van der Waals surface area contributed by atoms with Gasteiger partial charge in [-0.1, -0.05) is 24.3 Å². The number of benzene rings is 2. The maximum Gasteiger partial charge on any atom is 0.120 e. The van der Waals surface area contributed by atoms with Crippen LogP contribution in [-0.2, 0) is 19.6 Å². The zero-order valence-electron chi connectivity index (χ0n) is 12.0. The minimum Gasteiger partial charge on any atom is -0.497 e. The summed E-state index contributed by atoms with van der Waals surface area (Å²) < 4.78 is 5.28. The second kappa shape index (κ2) is 5.55. The second-order valence-corrected chi connectivity index (χ2v) is 5.26. The molecule has 1 heterocycles. The van der Waals surface area contributed by atoms with Gasteiger partial charge >= 0.3 is 0 Å². The van der Waals surface area contributed by atoms with Crippen molar-refractivity contribution < 1.29 is 4.74 Å². The molecule has 104 valence electrons. The van der Waals surface area contributed by atoms with E-state index in [2.05, 4.69) is 47.6 Å². The molecule has 1 aliphatic rings. The smallest absolute Gasteiger partial charge is 0.120 e. The lowest BCUT2D eigenvalue weighted by atomic mass is 10.1. The molecule has 2 aromatic rings. The molecule has 0 spiro atoms. The van der Waals surface area contributed by atoms with E-state index < -0.39 is 0 Å². The molecule has 3 rings (SSSR count). The number of nitrogens with zero attached hydrogens (tertiary/aromatic N) is 1. The van der Waals surface area contributed by atoms with Gasteiger partial charge in [0.15, 0.2) is 0 Å². The van der Waals surface area contributed by atoms with E-state index in [1.165, 1.54) is 22.4 Å². The first-order valence-corrected chi connectivity index (χ1v) is 6.93. The fraction of sp³-hybridized carbons (Fsp3) is 0.294. The van der Waals surface area contributed by atoms with Crippen LogP contribution in [0.2, 0.25) is 0 Å². The number of anilines is 1. The number of hydrogen-bond donors (Lipinski definition) is 1. The van der Waals surface area contributed by atoms with Crippen LogP contribution < -0.4 is 15.0 Å². The van der Waals surface area contributed by atoms with Crippen LogP contribution in [0.15, 0.2) is 42.5 Å². The highest BCUT2D eigenvalue weighted by Gasteiger charge is 2.11. The number of ether oxygens (including phenoxy) is 1. The monoisotopic (exact) mass is 268 g/mol. The highest BCUT2D eigenvalue weighted by atomic mass is 16.5. The molecule has 1 N–H and O–H groups in total. The molecule has 0 aromatic heterocycles. The summed E-state index contributed by atoms with van der Waals surface area (Å²) in [4.78, 5) is 2.24. The van der Waals surface area contributed by atoms with E-state index in [0.717, 1.165) is 25.4 Å². The van der Waals surface area contributed by atoms with Gasteiger partial charge in [0, 0.05) is 38.4 Å². The fourth-order valence-electron chi connectivity index (χ4n) is 2.66. The van der Waals surface area contributed by atoms with Crippen molar-refractivity contribution in [3.8, 4) is 5.75 Å². The Balaban J connectivity index is 1.76. The topological polar surface area (TPSA) is 24.5 Å². The van der Waals surface area contributed by atoms with Crippen LogP contribution in [0.5, 0.6) is 5.75 Å². The number of rotatable bonds is 4. The summed E-state index contributed by atoms with van der Waals surface area (Å²) >= 11 is 0. The van der Waals surface area contributed by atoms with Gasteiger partial charge in [-0.3, -0.25) is 0 Å². The third kappa shape index (κ3) is 2.63. The Morgan fingerprint density at radius 3 is 2.80 bits per heavy atom. The molecule has 0 unspecified atom stereocenters. The van der Waals surface area contributed by atoms with Crippen molar-refractivity contribution in [3.63, 3.8) is 0 Å².